The number of benzene rings is 1. The van der Waals surface area contributed by atoms with Crippen LogP contribution in [0.15, 0.2) is 18.2 Å². The third kappa shape index (κ3) is 2.36. The van der Waals surface area contributed by atoms with Gasteiger partial charge >= 0.3 is 0 Å². The minimum atomic E-state index is 0.481. The molecule has 0 spiro atoms. The normalized spacial score (nSPS) is 15.7. The SMILES string of the molecule is COc1c(Cl)cc(-c2cc(N)n[nH]2)cc1C1CCCC1. The fourth-order valence-electron chi connectivity index (χ4n) is 3.01. The number of aromatic amines is 1. The lowest BCUT2D eigenvalue weighted by atomic mass is 9.94. The number of nitrogens with zero attached hydrogens (tertiary/aromatic N) is 1. The summed E-state index contributed by atoms with van der Waals surface area (Å²) in [5, 5.41) is 7.54. The minimum Gasteiger partial charge on any atom is -0.495 e. The first-order chi connectivity index (χ1) is 9.69. The number of nitrogens with two attached hydrogens (primary N) is 1. The molecule has 4 nitrogen and oxygen atoms in total. The summed E-state index contributed by atoms with van der Waals surface area (Å²) in [6.07, 6.45) is 4.93. The smallest absolute Gasteiger partial charge is 0.145 e. The molecule has 0 atom stereocenters. The highest BCUT2D eigenvalue weighted by molar-refractivity contribution is 6.32. The Bertz CT molecular complexity index is 618. The lowest BCUT2D eigenvalue weighted by Crippen LogP contribution is -1.99. The van der Waals surface area contributed by atoms with Crippen molar-refractivity contribution in [1.82, 2.24) is 10.2 Å². The van der Waals surface area contributed by atoms with E-state index in [0.717, 1.165) is 17.0 Å². The number of rotatable bonds is 3. The zero-order valence-electron chi connectivity index (χ0n) is 11.4. The summed E-state index contributed by atoms with van der Waals surface area (Å²) in [4.78, 5) is 0. The minimum absolute atomic E-state index is 0.481. The van der Waals surface area contributed by atoms with Gasteiger partial charge in [-0.3, -0.25) is 5.10 Å². The van der Waals surface area contributed by atoms with Gasteiger partial charge in [-0.05, 0) is 36.5 Å². The van der Waals surface area contributed by atoms with Gasteiger partial charge in [0, 0.05) is 11.6 Å². The molecule has 2 aromatic rings. The summed E-state index contributed by atoms with van der Waals surface area (Å²) in [5.74, 6) is 1.81. The largest absolute Gasteiger partial charge is 0.495 e. The Hall–Kier alpha value is -1.68. The summed E-state index contributed by atoms with van der Waals surface area (Å²) >= 11 is 6.38. The van der Waals surface area contributed by atoms with E-state index in [0.29, 0.717) is 16.8 Å². The highest BCUT2D eigenvalue weighted by Gasteiger charge is 2.23. The van der Waals surface area contributed by atoms with E-state index in [1.54, 1.807) is 7.11 Å². The molecule has 1 aromatic carbocycles. The maximum atomic E-state index is 6.38. The fourth-order valence-corrected chi connectivity index (χ4v) is 3.31. The van der Waals surface area contributed by atoms with Gasteiger partial charge in [-0.2, -0.15) is 5.10 Å². The quantitative estimate of drug-likeness (QED) is 0.899. The van der Waals surface area contributed by atoms with Gasteiger partial charge in [-0.1, -0.05) is 24.4 Å². The number of nitrogen functional groups attached to an aromatic ring is 1. The van der Waals surface area contributed by atoms with Crippen LogP contribution in [0.2, 0.25) is 5.02 Å². The average Bonchev–Trinajstić information content (AvgIpc) is 3.08. The molecule has 0 radical (unpaired) electrons. The van der Waals surface area contributed by atoms with Gasteiger partial charge < -0.3 is 10.5 Å². The average molecular weight is 292 g/mol. The van der Waals surface area contributed by atoms with Crippen molar-refractivity contribution in [2.45, 2.75) is 31.6 Å². The first-order valence-electron chi connectivity index (χ1n) is 6.87. The molecule has 3 N–H and O–H groups in total. The van der Waals surface area contributed by atoms with E-state index >= 15 is 0 Å². The second-order valence-electron chi connectivity index (χ2n) is 5.27. The summed E-state index contributed by atoms with van der Waals surface area (Å²) in [7, 11) is 1.67. The van der Waals surface area contributed by atoms with Gasteiger partial charge in [-0.25, -0.2) is 0 Å². The Morgan fingerprint density at radius 2 is 2.05 bits per heavy atom. The van der Waals surface area contributed by atoms with Gasteiger partial charge in [0.05, 0.1) is 17.8 Å². The van der Waals surface area contributed by atoms with Crippen LogP contribution >= 0.6 is 11.6 Å². The first kappa shape index (κ1) is 13.3. The molecule has 0 aliphatic heterocycles. The lowest BCUT2D eigenvalue weighted by molar-refractivity contribution is 0.406. The van der Waals surface area contributed by atoms with E-state index in [-0.39, 0.29) is 0 Å². The van der Waals surface area contributed by atoms with Crippen LogP contribution in [-0.2, 0) is 0 Å². The van der Waals surface area contributed by atoms with Gasteiger partial charge in [0.2, 0.25) is 0 Å². The number of anilines is 1. The number of nitrogens with one attached hydrogen (secondary N) is 1. The number of hydrogen-bond acceptors (Lipinski definition) is 3. The van der Waals surface area contributed by atoms with Crippen molar-refractivity contribution < 1.29 is 4.74 Å². The Morgan fingerprint density at radius 3 is 2.65 bits per heavy atom. The molecule has 106 valence electrons. The highest BCUT2D eigenvalue weighted by Crippen LogP contribution is 2.43. The second-order valence-corrected chi connectivity index (χ2v) is 5.68. The number of halogens is 1. The van der Waals surface area contributed by atoms with Crippen LogP contribution in [0, 0.1) is 0 Å². The van der Waals surface area contributed by atoms with Gasteiger partial charge in [0.1, 0.15) is 11.6 Å². The zero-order valence-corrected chi connectivity index (χ0v) is 12.2. The van der Waals surface area contributed by atoms with E-state index in [1.807, 2.05) is 12.1 Å². The van der Waals surface area contributed by atoms with Gasteiger partial charge in [0.25, 0.3) is 0 Å². The molecule has 1 aliphatic rings. The van der Waals surface area contributed by atoms with Crippen LogP contribution in [-0.4, -0.2) is 17.3 Å². The molecule has 1 saturated carbocycles. The molecule has 5 heteroatoms. The second kappa shape index (κ2) is 5.37. The molecule has 0 bridgehead atoms. The van der Waals surface area contributed by atoms with Crippen molar-refractivity contribution in [2.24, 2.45) is 0 Å². The number of H-pyrrole nitrogens is 1. The van der Waals surface area contributed by atoms with Crippen LogP contribution in [0.1, 0.15) is 37.2 Å². The number of hydrogen-bond donors (Lipinski definition) is 2. The monoisotopic (exact) mass is 291 g/mol. The first-order valence-corrected chi connectivity index (χ1v) is 7.25. The number of methoxy groups -OCH3 is 1. The number of aromatic nitrogens is 2. The molecule has 1 aliphatic carbocycles. The topological polar surface area (TPSA) is 63.9 Å². The van der Waals surface area contributed by atoms with Crippen molar-refractivity contribution in [2.75, 3.05) is 12.8 Å². The van der Waals surface area contributed by atoms with Crippen molar-refractivity contribution in [1.29, 1.82) is 0 Å². The standard InChI is InChI=1S/C15H18ClN3O/c1-20-15-11(9-4-2-3-5-9)6-10(7-12(15)16)13-8-14(17)19-18-13/h6-9H,2-5H2,1H3,(H3,17,18,19). The van der Waals surface area contributed by atoms with Crippen molar-refractivity contribution >= 4 is 17.4 Å². The van der Waals surface area contributed by atoms with Crippen molar-refractivity contribution in [3.05, 3.63) is 28.8 Å². The summed E-state index contributed by atoms with van der Waals surface area (Å²) in [6.45, 7) is 0. The van der Waals surface area contributed by atoms with E-state index in [1.165, 1.54) is 31.2 Å². The van der Waals surface area contributed by atoms with E-state index < -0.39 is 0 Å². The Labute approximate surface area is 123 Å². The van der Waals surface area contributed by atoms with Gasteiger partial charge in [-0.15, -0.1) is 0 Å². The van der Waals surface area contributed by atoms with E-state index in [4.69, 9.17) is 22.1 Å². The van der Waals surface area contributed by atoms with E-state index in [2.05, 4.69) is 16.3 Å². The van der Waals surface area contributed by atoms with Crippen molar-refractivity contribution in [3.63, 3.8) is 0 Å². The molecule has 1 aromatic heterocycles. The third-order valence-electron chi connectivity index (χ3n) is 3.98. The maximum Gasteiger partial charge on any atom is 0.145 e. The molecule has 3 rings (SSSR count). The van der Waals surface area contributed by atoms with Crippen LogP contribution in [0.4, 0.5) is 5.82 Å². The Morgan fingerprint density at radius 1 is 1.30 bits per heavy atom. The maximum absolute atomic E-state index is 6.38. The summed E-state index contributed by atoms with van der Waals surface area (Å²) in [5.41, 5.74) is 8.75. The molecule has 0 amide bonds. The highest BCUT2D eigenvalue weighted by atomic mass is 35.5. The predicted molar refractivity (Wildman–Crippen MR) is 81.2 cm³/mol. The third-order valence-corrected chi connectivity index (χ3v) is 4.26. The molecule has 1 fully saturated rings. The number of ether oxygens (including phenoxy) is 1. The molecule has 20 heavy (non-hydrogen) atoms. The molecule has 0 saturated heterocycles. The van der Waals surface area contributed by atoms with Crippen LogP contribution in [0.3, 0.4) is 0 Å². The fraction of sp³-hybridized carbons (Fsp3) is 0.400. The Balaban J connectivity index is 2.08. The lowest BCUT2D eigenvalue weighted by Gasteiger charge is -2.17. The molecular weight excluding hydrogens is 274 g/mol. The van der Waals surface area contributed by atoms with Crippen LogP contribution < -0.4 is 10.5 Å². The van der Waals surface area contributed by atoms with Gasteiger partial charge in [0.15, 0.2) is 0 Å². The molecule has 1 heterocycles. The predicted octanol–water partition coefficient (Wildman–Crippen LogP) is 3.98. The van der Waals surface area contributed by atoms with Crippen molar-refractivity contribution in [3.8, 4) is 17.0 Å². The van der Waals surface area contributed by atoms with Crippen LogP contribution in [0.25, 0.3) is 11.3 Å². The Kier molecular flexibility index (Phi) is 3.57. The summed E-state index contributed by atoms with van der Waals surface area (Å²) in [6, 6.07) is 5.86. The summed E-state index contributed by atoms with van der Waals surface area (Å²) < 4.78 is 5.50. The molecular formula is C15H18ClN3O. The van der Waals surface area contributed by atoms with E-state index in [9.17, 15) is 0 Å². The zero-order chi connectivity index (χ0) is 14.1. The molecule has 0 unspecified atom stereocenters. The van der Waals surface area contributed by atoms with Crippen LogP contribution in [0.5, 0.6) is 5.75 Å².